The Morgan fingerprint density at radius 1 is 1.05 bits per heavy atom. The van der Waals surface area contributed by atoms with Crippen molar-refractivity contribution >= 4 is 51.2 Å². The molecule has 0 unspecified atom stereocenters. The van der Waals surface area contributed by atoms with Gasteiger partial charge in [-0.25, -0.2) is 0 Å². The van der Waals surface area contributed by atoms with Gasteiger partial charge >= 0.3 is 0 Å². The molecule has 3 nitrogen and oxygen atoms in total. The Morgan fingerprint density at radius 3 is 2.67 bits per heavy atom. The molecular formula is C16H13Cl2N3. The molecule has 0 saturated heterocycles. The fraction of sp³-hybridized carbons (Fsp3) is 0.0625. The Balaban J connectivity index is 2.11. The quantitative estimate of drug-likeness (QED) is 0.640. The lowest BCUT2D eigenvalue weighted by Crippen LogP contribution is -1.96. The predicted molar refractivity (Wildman–Crippen MR) is 90.6 cm³/mol. The van der Waals surface area contributed by atoms with Crippen molar-refractivity contribution in [2.24, 2.45) is 0 Å². The third-order valence-electron chi connectivity index (χ3n) is 3.32. The summed E-state index contributed by atoms with van der Waals surface area (Å²) in [5, 5.41) is 5.52. The molecule has 0 saturated carbocycles. The lowest BCUT2D eigenvalue weighted by molar-refractivity contribution is 1.41. The van der Waals surface area contributed by atoms with Crippen LogP contribution in [0.4, 0.5) is 17.1 Å². The highest BCUT2D eigenvalue weighted by atomic mass is 35.5. The van der Waals surface area contributed by atoms with Gasteiger partial charge in [-0.15, -0.1) is 0 Å². The van der Waals surface area contributed by atoms with Crippen LogP contribution >= 0.6 is 23.2 Å². The van der Waals surface area contributed by atoms with Crippen LogP contribution in [0.1, 0.15) is 5.56 Å². The fourth-order valence-electron chi connectivity index (χ4n) is 2.19. The first-order valence-corrected chi connectivity index (χ1v) is 7.18. The molecule has 1 heterocycles. The highest BCUT2D eigenvalue weighted by Gasteiger charge is 2.09. The van der Waals surface area contributed by atoms with Crippen molar-refractivity contribution in [3.63, 3.8) is 0 Å². The van der Waals surface area contributed by atoms with E-state index in [4.69, 9.17) is 28.9 Å². The summed E-state index contributed by atoms with van der Waals surface area (Å²) in [5.74, 6) is 0. The summed E-state index contributed by atoms with van der Waals surface area (Å²) in [6.45, 7) is 1.92. The first-order chi connectivity index (χ1) is 10.1. The number of hydrogen-bond donors (Lipinski definition) is 2. The van der Waals surface area contributed by atoms with Crippen LogP contribution in [0, 0.1) is 6.92 Å². The van der Waals surface area contributed by atoms with E-state index in [1.807, 2.05) is 43.3 Å². The predicted octanol–water partition coefficient (Wildman–Crippen LogP) is 5.18. The molecule has 0 amide bonds. The zero-order valence-corrected chi connectivity index (χ0v) is 12.8. The molecule has 3 aromatic rings. The Kier molecular flexibility index (Phi) is 3.62. The van der Waals surface area contributed by atoms with Gasteiger partial charge < -0.3 is 11.1 Å². The first kappa shape index (κ1) is 14.0. The Bertz CT molecular complexity index is 831. The molecule has 0 radical (unpaired) electrons. The number of halogens is 2. The number of pyridine rings is 1. The molecular weight excluding hydrogens is 305 g/mol. The van der Waals surface area contributed by atoms with Crippen LogP contribution in [0.3, 0.4) is 0 Å². The van der Waals surface area contributed by atoms with Crippen LogP contribution in [0.2, 0.25) is 10.0 Å². The van der Waals surface area contributed by atoms with Crippen LogP contribution in [0.15, 0.2) is 42.6 Å². The number of benzene rings is 2. The zero-order valence-electron chi connectivity index (χ0n) is 11.3. The Labute approximate surface area is 132 Å². The van der Waals surface area contributed by atoms with Gasteiger partial charge in [0.05, 0.1) is 21.9 Å². The van der Waals surface area contributed by atoms with Gasteiger partial charge in [-0.2, -0.15) is 0 Å². The molecule has 0 bridgehead atoms. The van der Waals surface area contributed by atoms with Crippen molar-refractivity contribution < 1.29 is 0 Å². The summed E-state index contributed by atoms with van der Waals surface area (Å²) in [5.41, 5.74) is 9.93. The van der Waals surface area contributed by atoms with Crippen molar-refractivity contribution in [2.45, 2.75) is 6.92 Å². The van der Waals surface area contributed by atoms with Crippen LogP contribution in [-0.4, -0.2) is 4.98 Å². The van der Waals surface area contributed by atoms with Crippen molar-refractivity contribution in [2.75, 3.05) is 11.1 Å². The average Bonchev–Trinajstić information content (AvgIpc) is 2.48. The van der Waals surface area contributed by atoms with Gasteiger partial charge in [-0.1, -0.05) is 23.2 Å². The molecule has 0 aliphatic rings. The minimum Gasteiger partial charge on any atom is -0.397 e. The Morgan fingerprint density at radius 2 is 1.86 bits per heavy atom. The minimum absolute atomic E-state index is 0.616. The van der Waals surface area contributed by atoms with Gasteiger partial charge in [0.2, 0.25) is 0 Å². The molecule has 106 valence electrons. The molecule has 5 heteroatoms. The van der Waals surface area contributed by atoms with Gasteiger partial charge in [-0.05, 0) is 48.9 Å². The fourth-order valence-corrected chi connectivity index (χ4v) is 2.62. The number of nitrogens with one attached hydrogen (secondary N) is 1. The van der Waals surface area contributed by atoms with E-state index >= 15 is 0 Å². The average molecular weight is 318 g/mol. The van der Waals surface area contributed by atoms with Crippen molar-refractivity contribution in [3.8, 4) is 0 Å². The summed E-state index contributed by atoms with van der Waals surface area (Å²) in [4.78, 5) is 4.31. The maximum atomic E-state index is 6.27. The molecule has 21 heavy (non-hydrogen) atoms. The lowest BCUT2D eigenvalue weighted by atomic mass is 10.1. The van der Waals surface area contributed by atoms with Crippen LogP contribution < -0.4 is 11.1 Å². The van der Waals surface area contributed by atoms with Crippen LogP contribution in [0.5, 0.6) is 0 Å². The van der Waals surface area contributed by atoms with E-state index in [-0.39, 0.29) is 0 Å². The minimum atomic E-state index is 0.616. The zero-order chi connectivity index (χ0) is 15.0. The summed E-state index contributed by atoms with van der Waals surface area (Å²) in [7, 11) is 0. The van der Waals surface area contributed by atoms with Crippen molar-refractivity contribution in [3.05, 3.63) is 58.2 Å². The number of anilines is 3. The second kappa shape index (κ2) is 5.43. The topological polar surface area (TPSA) is 50.9 Å². The molecule has 0 fully saturated rings. The normalized spacial score (nSPS) is 10.8. The molecule has 0 spiro atoms. The van der Waals surface area contributed by atoms with E-state index in [1.54, 1.807) is 6.20 Å². The molecule has 3 rings (SSSR count). The lowest BCUT2D eigenvalue weighted by Gasteiger charge is -2.13. The third kappa shape index (κ3) is 2.62. The van der Waals surface area contributed by atoms with Crippen molar-refractivity contribution in [1.82, 2.24) is 4.98 Å². The first-order valence-electron chi connectivity index (χ1n) is 6.42. The van der Waals surface area contributed by atoms with E-state index in [9.17, 15) is 0 Å². The van der Waals surface area contributed by atoms with E-state index in [1.165, 1.54) is 0 Å². The van der Waals surface area contributed by atoms with E-state index in [0.717, 1.165) is 27.8 Å². The largest absolute Gasteiger partial charge is 0.397 e. The number of aromatic nitrogens is 1. The summed E-state index contributed by atoms with van der Waals surface area (Å²) in [6, 6.07) is 11.2. The van der Waals surface area contributed by atoms with E-state index in [0.29, 0.717) is 15.7 Å². The number of nitrogens with two attached hydrogens (primary N) is 1. The highest BCUT2D eigenvalue weighted by molar-refractivity contribution is 6.36. The molecule has 3 N–H and O–H groups in total. The number of nitrogen functional groups attached to an aromatic ring is 1. The molecule has 2 aromatic carbocycles. The third-order valence-corrected chi connectivity index (χ3v) is 4.04. The number of fused-ring (bicyclic) bond motifs is 1. The molecule has 1 aromatic heterocycles. The Hall–Kier alpha value is -1.97. The number of nitrogens with zero attached hydrogens (tertiary/aromatic N) is 1. The summed E-state index contributed by atoms with van der Waals surface area (Å²) >= 11 is 12.4. The standard InChI is InChI=1S/C16H13Cl2N3/c1-9-7-12(18)15(8-11(9)17)21-14-5-4-13(19)16-10(14)3-2-6-20-16/h2-8,21H,19H2,1H3. The number of aryl methyl sites for hydroxylation is 1. The maximum Gasteiger partial charge on any atom is 0.0951 e. The molecule has 0 atom stereocenters. The summed E-state index contributed by atoms with van der Waals surface area (Å²) < 4.78 is 0. The maximum absolute atomic E-state index is 6.27. The second-order valence-corrected chi connectivity index (χ2v) is 5.62. The number of rotatable bonds is 2. The van der Waals surface area contributed by atoms with Crippen LogP contribution in [0.25, 0.3) is 10.9 Å². The van der Waals surface area contributed by atoms with Crippen molar-refractivity contribution in [1.29, 1.82) is 0 Å². The summed E-state index contributed by atoms with van der Waals surface area (Å²) in [6.07, 6.45) is 1.72. The van der Waals surface area contributed by atoms with Gasteiger partial charge in [0.25, 0.3) is 0 Å². The van der Waals surface area contributed by atoms with E-state index < -0.39 is 0 Å². The molecule has 0 aliphatic carbocycles. The van der Waals surface area contributed by atoms with E-state index in [2.05, 4.69) is 10.3 Å². The smallest absolute Gasteiger partial charge is 0.0951 e. The second-order valence-electron chi connectivity index (χ2n) is 4.81. The van der Waals surface area contributed by atoms with Gasteiger partial charge in [-0.3, -0.25) is 4.98 Å². The van der Waals surface area contributed by atoms with Gasteiger partial charge in [0, 0.05) is 22.3 Å². The number of hydrogen-bond acceptors (Lipinski definition) is 3. The monoisotopic (exact) mass is 317 g/mol. The van der Waals surface area contributed by atoms with Gasteiger partial charge in [0.15, 0.2) is 0 Å². The van der Waals surface area contributed by atoms with Gasteiger partial charge in [0.1, 0.15) is 0 Å². The van der Waals surface area contributed by atoms with Crippen LogP contribution in [-0.2, 0) is 0 Å². The highest BCUT2D eigenvalue weighted by Crippen LogP contribution is 2.34. The molecule has 0 aliphatic heterocycles. The SMILES string of the molecule is Cc1cc(Cl)c(Nc2ccc(N)c3ncccc23)cc1Cl.